The number of ether oxygens (including phenoxy) is 3. The first-order valence-corrected chi connectivity index (χ1v) is 12.8. The van der Waals surface area contributed by atoms with Gasteiger partial charge in [-0.25, -0.2) is 0 Å². The van der Waals surface area contributed by atoms with Crippen LogP contribution in [0.2, 0.25) is 0 Å². The summed E-state index contributed by atoms with van der Waals surface area (Å²) in [5.74, 6) is 0.859. The molecule has 3 aromatic rings. The number of nitrogens with zero attached hydrogens (tertiary/aromatic N) is 2. The van der Waals surface area contributed by atoms with Crippen molar-refractivity contribution in [3.63, 3.8) is 0 Å². The molecule has 1 aliphatic rings. The first kappa shape index (κ1) is 28.0. The Hall–Kier alpha value is -2.99. The second-order valence-corrected chi connectivity index (χ2v) is 9.64. The number of aliphatic hydroxyl groups is 5. The molecule has 1 aliphatic heterocycles. The highest BCUT2D eigenvalue weighted by Gasteiger charge is 2.45. The SMILES string of the molecule is CC(C)c1c(Cc2ccccc2OCc2ccccc2)c(O[C@@H]2O[C@H](CO)[C@@H](O)[C@H](O)[C@H]2O)nn1CCO. The van der Waals surface area contributed by atoms with E-state index in [4.69, 9.17) is 14.2 Å². The van der Waals surface area contributed by atoms with Gasteiger partial charge in [-0.3, -0.25) is 4.68 Å². The van der Waals surface area contributed by atoms with Crippen LogP contribution < -0.4 is 9.47 Å². The van der Waals surface area contributed by atoms with Gasteiger partial charge in [0.2, 0.25) is 12.2 Å². The largest absolute Gasteiger partial charge is 0.489 e. The van der Waals surface area contributed by atoms with E-state index in [1.165, 1.54) is 0 Å². The Kier molecular flexibility index (Phi) is 9.37. The summed E-state index contributed by atoms with van der Waals surface area (Å²) >= 11 is 0. The lowest BCUT2D eigenvalue weighted by Gasteiger charge is -2.39. The number of para-hydroxylation sites is 1. The molecule has 5 atom stereocenters. The molecular formula is C28H36N2O8. The molecular weight excluding hydrogens is 492 g/mol. The van der Waals surface area contributed by atoms with Crippen LogP contribution in [0.25, 0.3) is 0 Å². The molecule has 0 bridgehead atoms. The van der Waals surface area contributed by atoms with Gasteiger partial charge in [0, 0.05) is 17.7 Å². The van der Waals surface area contributed by atoms with Crippen LogP contribution in [0, 0.1) is 0 Å². The fourth-order valence-electron chi connectivity index (χ4n) is 4.65. The van der Waals surface area contributed by atoms with Crippen LogP contribution in [0.15, 0.2) is 54.6 Å². The molecule has 0 saturated carbocycles. The highest BCUT2D eigenvalue weighted by atomic mass is 16.7. The van der Waals surface area contributed by atoms with Crippen molar-refractivity contribution in [2.24, 2.45) is 0 Å². The summed E-state index contributed by atoms with van der Waals surface area (Å²) < 4.78 is 19.4. The molecule has 2 heterocycles. The molecule has 1 aromatic heterocycles. The van der Waals surface area contributed by atoms with Crippen molar-refractivity contribution >= 4 is 0 Å². The maximum absolute atomic E-state index is 10.5. The van der Waals surface area contributed by atoms with E-state index in [1.54, 1.807) is 4.68 Å². The van der Waals surface area contributed by atoms with Gasteiger partial charge in [-0.1, -0.05) is 62.4 Å². The molecule has 4 rings (SSSR count). The van der Waals surface area contributed by atoms with Crippen LogP contribution in [-0.2, 0) is 24.3 Å². The minimum Gasteiger partial charge on any atom is -0.489 e. The van der Waals surface area contributed by atoms with Gasteiger partial charge in [-0.2, -0.15) is 0 Å². The van der Waals surface area contributed by atoms with E-state index in [0.717, 1.165) is 16.8 Å². The van der Waals surface area contributed by atoms with Gasteiger partial charge in [0.15, 0.2) is 0 Å². The Balaban J connectivity index is 1.67. The molecule has 2 aromatic carbocycles. The molecule has 206 valence electrons. The van der Waals surface area contributed by atoms with Crippen molar-refractivity contribution in [2.45, 2.75) is 70.0 Å². The smallest absolute Gasteiger partial charge is 0.239 e. The predicted molar refractivity (Wildman–Crippen MR) is 138 cm³/mol. The average molecular weight is 529 g/mol. The van der Waals surface area contributed by atoms with Crippen LogP contribution in [0.5, 0.6) is 11.6 Å². The zero-order valence-corrected chi connectivity index (χ0v) is 21.6. The van der Waals surface area contributed by atoms with E-state index in [1.807, 2.05) is 68.4 Å². The van der Waals surface area contributed by atoms with Crippen molar-refractivity contribution in [1.82, 2.24) is 9.78 Å². The van der Waals surface area contributed by atoms with E-state index >= 15 is 0 Å². The number of aromatic nitrogens is 2. The number of aliphatic hydroxyl groups excluding tert-OH is 5. The van der Waals surface area contributed by atoms with Crippen molar-refractivity contribution in [3.8, 4) is 11.6 Å². The molecule has 5 N–H and O–H groups in total. The third kappa shape index (κ3) is 6.17. The molecule has 38 heavy (non-hydrogen) atoms. The zero-order valence-electron chi connectivity index (χ0n) is 21.6. The molecule has 1 fully saturated rings. The minimum atomic E-state index is -1.58. The fourth-order valence-corrected chi connectivity index (χ4v) is 4.65. The maximum Gasteiger partial charge on any atom is 0.239 e. The molecule has 0 radical (unpaired) electrons. The quantitative estimate of drug-likeness (QED) is 0.249. The number of rotatable bonds is 11. The monoisotopic (exact) mass is 528 g/mol. The topological polar surface area (TPSA) is 147 Å². The van der Waals surface area contributed by atoms with Crippen molar-refractivity contribution in [2.75, 3.05) is 13.2 Å². The Morgan fingerprint density at radius 2 is 1.66 bits per heavy atom. The Bertz CT molecular complexity index is 1170. The molecule has 0 aliphatic carbocycles. The second-order valence-electron chi connectivity index (χ2n) is 9.64. The second kappa shape index (κ2) is 12.7. The van der Waals surface area contributed by atoms with E-state index in [9.17, 15) is 25.5 Å². The Labute approximate surface area is 221 Å². The van der Waals surface area contributed by atoms with Gasteiger partial charge < -0.3 is 39.7 Å². The molecule has 10 nitrogen and oxygen atoms in total. The summed E-state index contributed by atoms with van der Waals surface area (Å²) in [6.07, 6.45) is -6.78. The van der Waals surface area contributed by atoms with Gasteiger partial charge in [0.1, 0.15) is 36.8 Å². The van der Waals surface area contributed by atoms with E-state index in [-0.39, 0.29) is 24.9 Å². The Morgan fingerprint density at radius 3 is 2.34 bits per heavy atom. The van der Waals surface area contributed by atoms with Crippen LogP contribution in [0.1, 0.15) is 42.1 Å². The molecule has 0 spiro atoms. The molecule has 10 heteroatoms. The van der Waals surface area contributed by atoms with Gasteiger partial charge in [0.05, 0.1) is 19.8 Å². The summed E-state index contributed by atoms with van der Waals surface area (Å²) in [6.45, 7) is 3.92. The Morgan fingerprint density at radius 1 is 0.947 bits per heavy atom. The van der Waals surface area contributed by atoms with Gasteiger partial charge in [0.25, 0.3) is 0 Å². The average Bonchev–Trinajstić information content (AvgIpc) is 3.25. The third-order valence-electron chi connectivity index (χ3n) is 6.57. The summed E-state index contributed by atoms with van der Waals surface area (Å²) in [4.78, 5) is 0. The lowest BCUT2D eigenvalue weighted by Crippen LogP contribution is -2.60. The van der Waals surface area contributed by atoms with Gasteiger partial charge in [-0.05, 0) is 23.1 Å². The summed E-state index contributed by atoms with van der Waals surface area (Å²) in [7, 11) is 0. The molecule has 0 unspecified atom stereocenters. The van der Waals surface area contributed by atoms with Crippen molar-refractivity contribution in [3.05, 3.63) is 77.0 Å². The summed E-state index contributed by atoms with van der Waals surface area (Å²) in [5.41, 5.74) is 3.46. The third-order valence-corrected chi connectivity index (χ3v) is 6.57. The molecule has 0 amide bonds. The minimum absolute atomic E-state index is 0.00796. The summed E-state index contributed by atoms with van der Waals surface area (Å²) in [6, 6.07) is 17.5. The van der Waals surface area contributed by atoms with Crippen LogP contribution in [-0.4, -0.2) is 79.2 Å². The molecule has 1 saturated heterocycles. The predicted octanol–water partition coefficient (Wildman–Crippen LogP) is 1.35. The van der Waals surface area contributed by atoms with E-state index in [0.29, 0.717) is 24.3 Å². The summed E-state index contributed by atoms with van der Waals surface area (Å²) in [5, 5.41) is 54.7. The highest BCUT2D eigenvalue weighted by Crippen LogP contribution is 2.34. The van der Waals surface area contributed by atoms with Crippen LogP contribution in [0.3, 0.4) is 0 Å². The van der Waals surface area contributed by atoms with Crippen molar-refractivity contribution in [1.29, 1.82) is 0 Å². The fraction of sp³-hybridized carbons (Fsp3) is 0.464. The lowest BCUT2D eigenvalue weighted by atomic mass is 9.98. The number of hydrogen-bond acceptors (Lipinski definition) is 9. The van der Waals surface area contributed by atoms with E-state index < -0.39 is 37.3 Å². The van der Waals surface area contributed by atoms with Gasteiger partial charge >= 0.3 is 0 Å². The van der Waals surface area contributed by atoms with Crippen LogP contribution >= 0.6 is 0 Å². The first-order chi connectivity index (χ1) is 18.3. The van der Waals surface area contributed by atoms with Crippen LogP contribution in [0.4, 0.5) is 0 Å². The van der Waals surface area contributed by atoms with E-state index in [2.05, 4.69) is 5.10 Å². The van der Waals surface area contributed by atoms with Crippen molar-refractivity contribution < 1.29 is 39.7 Å². The first-order valence-electron chi connectivity index (χ1n) is 12.8. The van der Waals surface area contributed by atoms with Gasteiger partial charge in [-0.15, -0.1) is 5.10 Å². The highest BCUT2D eigenvalue weighted by molar-refractivity contribution is 5.43. The maximum atomic E-state index is 10.5. The lowest BCUT2D eigenvalue weighted by molar-refractivity contribution is -0.278. The standard InChI is InChI=1S/C28H36N2O8/c1-17(2)23-20(14-19-10-6-7-11-21(19)36-16-18-8-4-3-5-9-18)27(29-30(23)12-13-31)38-28-26(35)25(34)24(33)22(15-32)37-28/h3-11,17,22,24-26,28,31-35H,12-16H2,1-2H3/t22-,24-,25+,26-,28+/m1/s1. The number of benzene rings is 2. The number of hydrogen-bond donors (Lipinski definition) is 5. The zero-order chi connectivity index (χ0) is 27.2. The normalized spacial score (nSPS) is 23.5.